The minimum atomic E-state index is -0.622. The summed E-state index contributed by atoms with van der Waals surface area (Å²) in [5.74, 6) is 0.115. The lowest BCUT2D eigenvalue weighted by atomic mass is 10.1. The second-order valence-corrected chi connectivity index (χ2v) is 7.95. The van der Waals surface area contributed by atoms with E-state index in [1.807, 2.05) is 0 Å². The number of rotatable bonds is 6. The predicted octanol–water partition coefficient (Wildman–Crippen LogP) is 5.29. The van der Waals surface area contributed by atoms with Crippen molar-refractivity contribution < 1.29 is 23.5 Å². The molecule has 2 aromatic carbocycles. The summed E-state index contributed by atoms with van der Waals surface area (Å²) < 4.78 is 23.8. The van der Waals surface area contributed by atoms with E-state index in [4.69, 9.17) is 9.47 Å². The van der Waals surface area contributed by atoms with Gasteiger partial charge < -0.3 is 14.8 Å². The highest BCUT2D eigenvalue weighted by Crippen LogP contribution is 2.20. The molecule has 0 spiro atoms. The van der Waals surface area contributed by atoms with E-state index in [2.05, 4.69) is 15.6 Å². The van der Waals surface area contributed by atoms with Crippen LogP contribution < -0.4 is 15.4 Å². The molecule has 32 heavy (non-hydrogen) atoms. The topological polar surface area (TPSA) is 89.5 Å². The zero-order valence-electron chi connectivity index (χ0n) is 18.0. The molecule has 0 saturated heterocycles. The van der Waals surface area contributed by atoms with Crippen molar-refractivity contribution >= 4 is 17.7 Å². The van der Waals surface area contributed by atoms with Gasteiger partial charge in [-0.1, -0.05) is 6.07 Å². The Morgan fingerprint density at radius 3 is 2.50 bits per heavy atom. The van der Waals surface area contributed by atoms with E-state index in [1.54, 1.807) is 63.4 Å². The third kappa shape index (κ3) is 7.09. The van der Waals surface area contributed by atoms with Crippen LogP contribution in [0.1, 0.15) is 36.7 Å². The van der Waals surface area contributed by atoms with Gasteiger partial charge in [0.25, 0.3) is 5.91 Å². The van der Waals surface area contributed by atoms with Crippen LogP contribution in [0.25, 0.3) is 0 Å². The van der Waals surface area contributed by atoms with Crippen LogP contribution in [0.4, 0.5) is 14.9 Å². The first-order chi connectivity index (χ1) is 15.2. The van der Waals surface area contributed by atoms with Gasteiger partial charge in [0.05, 0.1) is 0 Å². The van der Waals surface area contributed by atoms with E-state index >= 15 is 0 Å². The maximum absolute atomic E-state index is 13.0. The van der Waals surface area contributed by atoms with Crippen molar-refractivity contribution in [2.45, 2.75) is 32.9 Å². The standard InChI is InChI=1S/C24H24FN3O4/c1-24(2,3)32-23(30)28-19-6-4-5-17(14-19)22(29)27-15-16-11-12-26-21(13-16)31-20-9-7-18(25)8-10-20/h4-14H,15H2,1-3H3,(H,27,29)(H,28,30). The first kappa shape index (κ1) is 22.7. The van der Waals surface area contributed by atoms with Gasteiger partial charge >= 0.3 is 6.09 Å². The molecule has 1 heterocycles. The third-order valence-electron chi connectivity index (χ3n) is 4.06. The molecule has 0 unspecified atom stereocenters. The van der Waals surface area contributed by atoms with E-state index in [1.165, 1.54) is 24.3 Å². The monoisotopic (exact) mass is 437 g/mol. The molecule has 8 heteroatoms. The molecule has 0 radical (unpaired) electrons. The van der Waals surface area contributed by atoms with Gasteiger partial charge in [-0.2, -0.15) is 0 Å². The number of benzene rings is 2. The average Bonchev–Trinajstić information content (AvgIpc) is 2.73. The molecular formula is C24H24FN3O4. The number of hydrogen-bond acceptors (Lipinski definition) is 5. The Morgan fingerprint density at radius 1 is 1.03 bits per heavy atom. The smallest absolute Gasteiger partial charge is 0.412 e. The summed E-state index contributed by atoms with van der Waals surface area (Å²) in [7, 11) is 0. The number of nitrogens with zero attached hydrogens (tertiary/aromatic N) is 1. The predicted molar refractivity (Wildman–Crippen MR) is 118 cm³/mol. The summed E-state index contributed by atoms with van der Waals surface area (Å²) >= 11 is 0. The zero-order valence-corrected chi connectivity index (χ0v) is 18.0. The van der Waals surface area contributed by atoms with Gasteiger partial charge in [0, 0.05) is 30.1 Å². The Labute approximate surface area is 185 Å². The number of carbonyl (C=O) groups excluding carboxylic acids is 2. The van der Waals surface area contributed by atoms with Crippen LogP contribution >= 0.6 is 0 Å². The van der Waals surface area contributed by atoms with E-state index in [-0.39, 0.29) is 18.3 Å². The fourth-order valence-corrected chi connectivity index (χ4v) is 2.68. The minimum absolute atomic E-state index is 0.241. The van der Waals surface area contributed by atoms with Crippen LogP contribution in [-0.2, 0) is 11.3 Å². The molecule has 7 nitrogen and oxygen atoms in total. The fourth-order valence-electron chi connectivity index (χ4n) is 2.68. The Hall–Kier alpha value is -3.94. The highest BCUT2D eigenvalue weighted by atomic mass is 19.1. The van der Waals surface area contributed by atoms with Crippen molar-refractivity contribution in [3.8, 4) is 11.6 Å². The molecule has 0 fully saturated rings. The SMILES string of the molecule is CC(C)(C)OC(=O)Nc1cccc(C(=O)NCc2ccnc(Oc3ccc(F)cc3)c2)c1. The molecule has 0 aliphatic rings. The van der Waals surface area contributed by atoms with E-state index in [9.17, 15) is 14.0 Å². The van der Waals surface area contributed by atoms with Crippen LogP contribution in [0.15, 0.2) is 66.9 Å². The second kappa shape index (κ2) is 9.91. The number of halogens is 1. The summed E-state index contributed by atoms with van der Waals surface area (Å²) in [6, 6.07) is 15.6. The molecule has 0 aliphatic carbocycles. The number of anilines is 1. The summed E-state index contributed by atoms with van der Waals surface area (Å²) in [6.07, 6.45) is 0.964. The third-order valence-corrected chi connectivity index (χ3v) is 4.06. The molecule has 3 rings (SSSR count). The number of ether oxygens (including phenoxy) is 2. The number of aromatic nitrogens is 1. The maximum Gasteiger partial charge on any atom is 0.412 e. The lowest BCUT2D eigenvalue weighted by Crippen LogP contribution is -2.27. The zero-order chi connectivity index (χ0) is 23.1. The van der Waals surface area contributed by atoms with Gasteiger partial charge in [-0.15, -0.1) is 0 Å². The van der Waals surface area contributed by atoms with Crippen LogP contribution in [-0.4, -0.2) is 22.6 Å². The van der Waals surface area contributed by atoms with Gasteiger partial charge in [-0.25, -0.2) is 14.2 Å². The van der Waals surface area contributed by atoms with E-state index in [0.29, 0.717) is 22.9 Å². The number of hydrogen-bond donors (Lipinski definition) is 2. The average molecular weight is 437 g/mol. The van der Waals surface area contributed by atoms with E-state index < -0.39 is 11.7 Å². The number of amides is 2. The first-order valence-corrected chi connectivity index (χ1v) is 9.94. The quantitative estimate of drug-likeness (QED) is 0.547. The van der Waals surface area contributed by atoms with Crippen LogP contribution in [0, 0.1) is 5.82 Å². The van der Waals surface area contributed by atoms with Gasteiger partial charge in [0.15, 0.2) is 0 Å². The van der Waals surface area contributed by atoms with Crippen LogP contribution in [0.2, 0.25) is 0 Å². The lowest BCUT2D eigenvalue weighted by molar-refractivity contribution is 0.0635. The van der Waals surface area contributed by atoms with Gasteiger partial charge in [-0.05, 0) is 74.9 Å². The van der Waals surface area contributed by atoms with Crippen molar-refractivity contribution in [3.05, 3.63) is 83.8 Å². The largest absolute Gasteiger partial charge is 0.444 e. The Kier molecular flexibility index (Phi) is 7.04. The van der Waals surface area contributed by atoms with E-state index in [0.717, 1.165) is 5.56 Å². The lowest BCUT2D eigenvalue weighted by Gasteiger charge is -2.19. The summed E-state index contributed by atoms with van der Waals surface area (Å²) in [5, 5.41) is 5.43. The Morgan fingerprint density at radius 2 is 1.78 bits per heavy atom. The molecule has 3 aromatic rings. The van der Waals surface area contributed by atoms with Crippen molar-refractivity contribution in [1.82, 2.24) is 10.3 Å². The highest BCUT2D eigenvalue weighted by molar-refractivity contribution is 5.96. The van der Waals surface area contributed by atoms with Gasteiger partial charge in [-0.3, -0.25) is 10.1 Å². The molecule has 0 bridgehead atoms. The second-order valence-electron chi connectivity index (χ2n) is 7.95. The normalized spacial score (nSPS) is 10.9. The molecule has 2 amide bonds. The number of pyridine rings is 1. The first-order valence-electron chi connectivity index (χ1n) is 9.94. The molecule has 166 valence electrons. The van der Waals surface area contributed by atoms with Crippen LogP contribution in [0.5, 0.6) is 11.6 Å². The molecule has 0 atom stereocenters. The highest BCUT2D eigenvalue weighted by Gasteiger charge is 2.16. The Balaban J connectivity index is 1.58. The summed E-state index contributed by atoms with van der Waals surface area (Å²) in [5.41, 5.74) is 0.984. The molecule has 2 N–H and O–H groups in total. The summed E-state index contributed by atoms with van der Waals surface area (Å²) in [6.45, 7) is 5.55. The maximum atomic E-state index is 13.0. The number of carbonyl (C=O) groups is 2. The van der Waals surface area contributed by atoms with Gasteiger partial charge in [0.1, 0.15) is 17.2 Å². The molecule has 0 saturated carbocycles. The van der Waals surface area contributed by atoms with Crippen molar-refractivity contribution in [1.29, 1.82) is 0 Å². The summed E-state index contributed by atoms with van der Waals surface area (Å²) in [4.78, 5) is 28.6. The van der Waals surface area contributed by atoms with Crippen LogP contribution in [0.3, 0.4) is 0 Å². The van der Waals surface area contributed by atoms with Crippen molar-refractivity contribution in [3.63, 3.8) is 0 Å². The van der Waals surface area contributed by atoms with Crippen molar-refractivity contribution in [2.24, 2.45) is 0 Å². The molecule has 1 aromatic heterocycles. The van der Waals surface area contributed by atoms with Gasteiger partial charge in [0.2, 0.25) is 5.88 Å². The Bertz CT molecular complexity index is 1090. The molecular weight excluding hydrogens is 413 g/mol. The minimum Gasteiger partial charge on any atom is -0.444 e. The van der Waals surface area contributed by atoms with Crippen molar-refractivity contribution in [2.75, 3.05) is 5.32 Å². The fraction of sp³-hybridized carbons (Fsp3) is 0.208. The number of nitrogens with one attached hydrogen (secondary N) is 2. The molecule has 0 aliphatic heterocycles.